The fourth-order valence-corrected chi connectivity index (χ4v) is 5.26. The van der Waals surface area contributed by atoms with Crippen LogP contribution >= 0.6 is 15.9 Å². The Labute approximate surface area is 170 Å². The quantitative estimate of drug-likeness (QED) is 0.695. The highest BCUT2D eigenvalue weighted by Gasteiger charge is 2.39. The molecule has 1 aliphatic carbocycles. The van der Waals surface area contributed by atoms with Crippen molar-refractivity contribution < 1.29 is 14.6 Å². The summed E-state index contributed by atoms with van der Waals surface area (Å²) in [6.07, 6.45) is 6.13. The summed E-state index contributed by atoms with van der Waals surface area (Å²) in [6, 6.07) is 0. The van der Waals surface area contributed by atoms with Crippen LogP contribution in [0.25, 0.3) is 0 Å². The van der Waals surface area contributed by atoms with Gasteiger partial charge in [0.25, 0.3) is 0 Å². The lowest BCUT2D eigenvalue weighted by atomic mass is 9.77. The number of anilines is 1. The third kappa shape index (κ3) is 4.16. The molecule has 5 nitrogen and oxygen atoms in total. The average Bonchev–Trinajstić information content (AvgIpc) is 3.06. The van der Waals surface area contributed by atoms with Crippen LogP contribution in [0.1, 0.15) is 75.4 Å². The second-order valence-corrected chi connectivity index (χ2v) is 9.23. The molecule has 0 amide bonds. The molecule has 2 heterocycles. The van der Waals surface area contributed by atoms with Gasteiger partial charge in [-0.3, -0.25) is 4.98 Å². The number of halogens is 1. The van der Waals surface area contributed by atoms with Crippen LogP contribution in [-0.2, 0) is 9.53 Å². The van der Waals surface area contributed by atoms with Gasteiger partial charge in [-0.05, 0) is 74.7 Å². The number of ether oxygens (including phenoxy) is 1. The molecule has 1 saturated carbocycles. The molecule has 0 aromatic carbocycles. The second-order valence-electron chi connectivity index (χ2n) is 8.44. The van der Waals surface area contributed by atoms with Crippen molar-refractivity contribution in [3.63, 3.8) is 0 Å². The smallest absolute Gasteiger partial charge is 0.340 e. The van der Waals surface area contributed by atoms with Gasteiger partial charge in [-0.25, -0.2) is 4.79 Å². The number of aryl methyl sites for hydroxylation is 2. The molecule has 0 bridgehead atoms. The van der Waals surface area contributed by atoms with Crippen LogP contribution < -0.4 is 4.90 Å². The zero-order chi connectivity index (χ0) is 19.8. The predicted molar refractivity (Wildman–Crippen MR) is 110 cm³/mol. The summed E-state index contributed by atoms with van der Waals surface area (Å²) in [4.78, 5) is 19.3. The van der Waals surface area contributed by atoms with Crippen molar-refractivity contribution in [3.05, 3.63) is 21.4 Å². The first-order chi connectivity index (χ1) is 12.7. The number of hydrogen-bond acceptors (Lipinski definition) is 5. The zero-order valence-electron chi connectivity index (χ0n) is 16.8. The maximum absolute atomic E-state index is 12.4. The van der Waals surface area contributed by atoms with Crippen molar-refractivity contribution in [1.29, 1.82) is 0 Å². The van der Waals surface area contributed by atoms with Crippen LogP contribution in [0.2, 0.25) is 0 Å². The molecule has 1 spiro atoms. The minimum atomic E-state index is -1.32. The monoisotopic (exact) mass is 438 g/mol. The van der Waals surface area contributed by atoms with Gasteiger partial charge in [-0.15, -0.1) is 0 Å². The highest BCUT2D eigenvalue weighted by atomic mass is 79.9. The molecular formula is C21H31BrN2O3. The molecule has 3 rings (SSSR count). The number of piperidine rings is 1. The number of hydrogen-bond donors (Lipinski definition) is 1. The lowest BCUT2D eigenvalue weighted by Crippen LogP contribution is -2.40. The minimum absolute atomic E-state index is 0.269. The second kappa shape index (κ2) is 8.08. The summed E-state index contributed by atoms with van der Waals surface area (Å²) in [6.45, 7) is 9.26. The molecule has 0 unspecified atom stereocenters. The summed E-state index contributed by atoms with van der Waals surface area (Å²) in [5, 5.41) is 10.8. The van der Waals surface area contributed by atoms with E-state index in [1.54, 1.807) is 13.8 Å². The zero-order valence-corrected chi connectivity index (χ0v) is 18.4. The van der Waals surface area contributed by atoms with E-state index in [9.17, 15) is 9.90 Å². The van der Waals surface area contributed by atoms with Crippen molar-refractivity contribution in [3.8, 4) is 0 Å². The van der Waals surface area contributed by atoms with E-state index in [1.165, 1.54) is 38.5 Å². The minimum Gasteiger partial charge on any atom is -0.461 e. The van der Waals surface area contributed by atoms with E-state index >= 15 is 0 Å². The topological polar surface area (TPSA) is 62.7 Å². The number of carbonyl (C=O) groups excluding carboxylic acids is 1. The van der Waals surface area contributed by atoms with Gasteiger partial charge in [-0.2, -0.15) is 0 Å². The highest BCUT2D eigenvalue weighted by molar-refractivity contribution is 9.10. The van der Waals surface area contributed by atoms with Gasteiger partial charge >= 0.3 is 5.97 Å². The maximum Gasteiger partial charge on any atom is 0.340 e. The number of aliphatic hydroxyl groups excluding tert-OH is 1. The van der Waals surface area contributed by atoms with Gasteiger partial charge in [0.2, 0.25) is 0 Å². The van der Waals surface area contributed by atoms with Gasteiger partial charge in [0.1, 0.15) is 0 Å². The summed E-state index contributed by atoms with van der Waals surface area (Å²) in [5.74, 6) is -0.615. The number of esters is 1. The fraction of sp³-hybridized carbons (Fsp3) is 0.714. The molecule has 1 N–H and O–H groups in total. The first-order valence-electron chi connectivity index (χ1n) is 10.0. The Balaban J connectivity index is 1.93. The first-order valence-corrected chi connectivity index (χ1v) is 10.8. The third-order valence-corrected chi connectivity index (χ3v) is 7.11. The normalized spacial score (nSPS) is 20.3. The summed E-state index contributed by atoms with van der Waals surface area (Å²) in [5.41, 5.74) is 3.54. The Morgan fingerprint density at radius 3 is 2.30 bits per heavy atom. The van der Waals surface area contributed by atoms with Crippen molar-refractivity contribution >= 4 is 27.6 Å². The largest absolute Gasteiger partial charge is 0.461 e. The number of aliphatic hydroxyl groups is 1. The SMILES string of the molecule is Cc1nc(C)c([C@H](O)C(=O)OC(C)C)c(N2CCC3(CCCC3)CC2)c1Br. The van der Waals surface area contributed by atoms with Gasteiger partial charge in [0, 0.05) is 24.3 Å². The lowest BCUT2D eigenvalue weighted by Gasteiger charge is -2.42. The van der Waals surface area contributed by atoms with Gasteiger partial charge < -0.3 is 14.7 Å². The third-order valence-electron chi connectivity index (χ3n) is 6.16. The van der Waals surface area contributed by atoms with E-state index in [4.69, 9.17) is 4.74 Å². The molecular weight excluding hydrogens is 408 g/mol. The van der Waals surface area contributed by atoms with Crippen LogP contribution in [0.5, 0.6) is 0 Å². The van der Waals surface area contributed by atoms with E-state index in [0.29, 0.717) is 16.7 Å². The predicted octanol–water partition coefficient (Wildman–Crippen LogP) is 4.61. The number of rotatable bonds is 4. The van der Waals surface area contributed by atoms with E-state index < -0.39 is 12.1 Å². The van der Waals surface area contributed by atoms with Crippen LogP contribution in [0.3, 0.4) is 0 Å². The van der Waals surface area contributed by atoms with E-state index in [-0.39, 0.29) is 6.10 Å². The van der Waals surface area contributed by atoms with Gasteiger partial charge in [0.05, 0.1) is 22.0 Å². The number of aromatic nitrogens is 1. The molecule has 1 aliphatic heterocycles. The Kier molecular flexibility index (Phi) is 6.16. The molecule has 2 fully saturated rings. The molecule has 1 saturated heterocycles. The Morgan fingerprint density at radius 1 is 1.15 bits per heavy atom. The van der Waals surface area contributed by atoms with E-state index in [2.05, 4.69) is 25.8 Å². The Morgan fingerprint density at radius 2 is 1.74 bits per heavy atom. The molecule has 27 heavy (non-hydrogen) atoms. The number of carbonyl (C=O) groups is 1. The fourth-order valence-electron chi connectivity index (χ4n) is 4.70. The molecule has 1 aromatic rings. The van der Waals surface area contributed by atoms with Crippen molar-refractivity contribution in [2.24, 2.45) is 5.41 Å². The van der Waals surface area contributed by atoms with Crippen LogP contribution in [0.15, 0.2) is 4.47 Å². The molecule has 2 aliphatic rings. The van der Waals surface area contributed by atoms with Crippen LogP contribution in [0.4, 0.5) is 5.69 Å². The van der Waals surface area contributed by atoms with Gasteiger partial charge in [-0.1, -0.05) is 12.8 Å². The number of pyridine rings is 1. The van der Waals surface area contributed by atoms with E-state index in [1.807, 2.05) is 13.8 Å². The number of nitrogens with zero attached hydrogens (tertiary/aromatic N) is 2. The maximum atomic E-state index is 12.4. The Bertz CT molecular complexity index is 704. The molecule has 6 heteroatoms. The van der Waals surface area contributed by atoms with Gasteiger partial charge in [0.15, 0.2) is 6.10 Å². The first kappa shape index (κ1) is 20.6. The van der Waals surface area contributed by atoms with Crippen LogP contribution in [0, 0.1) is 19.3 Å². The van der Waals surface area contributed by atoms with Crippen LogP contribution in [-0.4, -0.2) is 35.3 Å². The molecule has 150 valence electrons. The highest BCUT2D eigenvalue weighted by Crippen LogP contribution is 2.48. The van der Waals surface area contributed by atoms with E-state index in [0.717, 1.165) is 28.9 Å². The van der Waals surface area contributed by atoms with Crippen molar-refractivity contribution in [1.82, 2.24) is 4.98 Å². The molecule has 1 atom stereocenters. The Hall–Kier alpha value is -1.14. The van der Waals surface area contributed by atoms with Crippen molar-refractivity contribution in [2.45, 2.75) is 78.4 Å². The molecule has 1 aromatic heterocycles. The average molecular weight is 439 g/mol. The van der Waals surface area contributed by atoms with Crippen molar-refractivity contribution in [2.75, 3.05) is 18.0 Å². The standard InChI is InChI=1S/C21H31BrN2O3/c1-13(2)27-20(26)19(25)16-14(3)23-15(4)17(22)18(16)24-11-9-21(10-12-24)7-5-6-8-21/h13,19,25H,5-12H2,1-4H3/t19-/m0/s1. The lowest BCUT2D eigenvalue weighted by molar-refractivity contribution is -0.157. The summed E-state index contributed by atoms with van der Waals surface area (Å²) in [7, 11) is 0. The molecule has 0 radical (unpaired) electrons. The summed E-state index contributed by atoms with van der Waals surface area (Å²) < 4.78 is 6.12. The summed E-state index contributed by atoms with van der Waals surface area (Å²) >= 11 is 3.68.